The van der Waals surface area contributed by atoms with Gasteiger partial charge in [-0.1, -0.05) is 29.7 Å². The summed E-state index contributed by atoms with van der Waals surface area (Å²) in [6.45, 7) is 0.494. The van der Waals surface area contributed by atoms with Crippen molar-refractivity contribution in [1.82, 2.24) is 9.78 Å². The molecule has 2 rings (SSSR count). The molecule has 3 heteroatoms. The maximum atomic E-state index is 5.81. The van der Waals surface area contributed by atoms with Crippen molar-refractivity contribution in [3.8, 4) is 23.5 Å². The molecule has 0 saturated heterocycles. The van der Waals surface area contributed by atoms with E-state index in [1.54, 1.807) is 10.9 Å². The van der Waals surface area contributed by atoms with Crippen molar-refractivity contribution in [3.05, 3.63) is 41.7 Å². The number of nitrogens with zero attached hydrogens (tertiary/aromatic N) is 2. The Morgan fingerprint density at radius 1 is 1.27 bits per heavy atom. The summed E-state index contributed by atoms with van der Waals surface area (Å²) in [6.07, 6.45) is 8.91. The van der Waals surface area contributed by atoms with Crippen LogP contribution in [-0.4, -0.2) is 9.78 Å². The first-order chi connectivity index (χ1) is 7.29. The van der Waals surface area contributed by atoms with Gasteiger partial charge >= 0.3 is 0 Å². The molecule has 0 amide bonds. The summed E-state index contributed by atoms with van der Waals surface area (Å²) in [4.78, 5) is 0. The molecule has 0 unspecified atom stereocenters. The Balaban J connectivity index is 2.30. The first-order valence-electron chi connectivity index (χ1n) is 4.51. The van der Waals surface area contributed by atoms with E-state index < -0.39 is 0 Å². The summed E-state index contributed by atoms with van der Waals surface area (Å²) in [5, 5.41) is 4.88. The molecular weight excluding hydrogens is 208 g/mol. The van der Waals surface area contributed by atoms with Crippen molar-refractivity contribution in [2.24, 2.45) is 0 Å². The molecular formula is C12H9ClN2. The average Bonchev–Trinajstić information content (AvgIpc) is 2.68. The van der Waals surface area contributed by atoms with Crippen LogP contribution in [0.1, 0.15) is 0 Å². The fourth-order valence-corrected chi connectivity index (χ4v) is 1.46. The molecule has 0 fully saturated rings. The third kappa shape index (κ3) is 2.20. The van der Waals surface area contributed by atoms with E-state index in [0.717, 1.165) is 16.1 Å². The van der Waals surface area contributed by atoms with E-state index in [1.807, 2.05) is 30.5 Å². The van der Waals surface area contributed by atoms with Crippen molar-refractivity contribution in [1.29, 1.82) is 0 Å². The van der Waals surface area contributed by atoms with Crippen LogP contribution < -0.4 is 0 Å². The highest BCUT2D eigenvalue weighted by atomic mass is 35.5. The largest absolute Gasteiger partial charge is 0.260 e. The van der Waals surface area contributed by atoms with Gasteiger partial charge in [-0.15, -0.1) is 6.42 Å². The van der Waals surface area contributed by atoms with E-state index in [1.165, 1.54) is 0 Å². The Labute approximate surface area is 93.5 Å². The molecule has 2 aromatic rings. The summed E-state index contributed by atoms with van der Waals surface area (Å²) in [5.41, 5.74) is 2.13. The second-order valence-corrected chi connectivity index (χ2v) is 3.57. The van der Waals surface area contributed by atoms with Crippen LogP contribution in [0, 0.1) is 12.3 Å². The predicted octanol–water partition coefficient (Wildman–Crippen LogP) is 2.84. The lowest BCUT2D eigenvalue weighted by molar-refractivity contribution is 0.716. The minimum Gasteiger partial charge on any atom is -0.260 e. The third-order valence-electron chi connectivity index (χ3n) is 2.06. The second kappa shape index (κ2) is 4.20. The molecule has 0 aliphatic heterocycles. The zero-order valence-electron chi connectivity index (χ0n) is 8.02. The summed E-state index contributed by atoms with van der Waals surface area (Å²) in [6, 6.07) is 7.63. The number of terminal acetylenes is 1. The van der Waals surface area contributed by atoms with Crippen molar-refractivity contribution in [3.63, 3.8) is 0 Å². The van der Waals surface area contributed by atoms with Gasteiger partial charge in [-0.05, 0) is 17.7 Å². The molecule has 15 heavy (non-hydrogen) atoms. The molecule has 1 aromatic heterocycles. The lowest BCUT2D eigenvalue weighted by Crippen LogP contribution is -1.93. The van der Waals surface area contributed by atoms with Crippen LogP contribution in [0.15, 0.2) is 36.7 Å². The van der Waals surface area contributed by atoms with Gasteiger partial charge in [0.2, 0.25) is 0 Å². The number of halogens is 1. The molecule has 1 aromatic carbocycles. The topological polar surface area (TPSA) is 17.8 Å². The van der Waals surface area contributed by atoms with Crippen molar-refractivity contribution in [2.75, 3.05) is 0 Å². The van der Waals surface area contributed by atoms with E-state index in [9.17, 15) is 0 Å². The summed E-state index contributed by atoms with van der Waals surface area (Å²) in [7, 11) is 0. The van der Waals surface area contributed by atoms with E-state index in [2.05, 4.69) is 11.0 Å². The van der Waals surface area contributed by atoms with Crippen LogP contribution in [0.2, 0.25) is 5.02 Å². The van der Waals surface area contributed by atoms with Crippen molar-refractivity contribution < 1.29 is 0 Å². The smallest absolute Gasteiger partial charge is 0.101 e. The highest BCUT2D eigenvalue weighted by Gasteiger charge is 2.00. The van der Waals surface area contributed by atoms with Gasteiger partial charge < -0.3 is 0 Å². The van der Waals surface area contributed by atoms with E-state index in [-0.39, 0.29) is 0 Å². The molecule has 0 aliphatic carbocycles. The van der Waals surface area contributed by atoms with Crippen LogP contribution in [0.4, 0.5) is 0 Å². The standard InChI is InChI=1S/C12H9ClN2/c1-2-7-15-9-11(8-14-15)10-3-5-12(13)6-4-10/h1,3-6,8-9H,7H2. The Bertz CT molecular complexity index is 491. The molecule has 2 nitrogen and oxygen atoms in total. The van der Waals surface area contributed by atoms with E-state index in [0.29, 0.717) is 6.54 Å². The first-order valence-corrected chi connectivity index (χ1v) is 4.89. The van der Waals surface area contributed by atoms with Gasteiger partial charge in [0.05, 0.1) is 6.20 Å². The summed E-state index contributed by atoms with van der Waals surface area (Å²) >= 11 is 5.81. The Kier molecular flexibility index (Phi) is 2.75. The van der Waals surface area contributed by atoms with Crippen LogP contribution in [0.3, 0.4) is 0 Å². The molecule has 74 valence electrons. The quantitative estimate of drug-likeness (QED) is 0.706. The zero-order chi connectivity index (χ0) is 10.7. The average molecular weight is 217 g/mol. The number of hydrogen-bond donors (Lipinski definition) is 0. The number of aromatic nitrogens is 2. The maximum absolute atomic E-state index is 5.81. The monoisotopic (exact) mass is 216 g/mol. The zero-order valence-corrected chi connectivity index (χ0v) is 8.78. The minimum atomic E-state index is 0.494. The molecule has 1 heterocycles. The van der Waals surface area contributed by atoms with Gasteiger partial charge in [0, 0.05) is 16.8 Å². The maximum Gasteiger partial charge on any atom is 0.101 e. The number of hydrogen-bond acceptors (Lipinski definition) is 1. The van der Waals surface area contributed by atoms with Crippen LogP contribution >= 0.6 is 11.6 Å². The van der Waals surface area contributed by atoms with E-state index in [4.69, 9.17) is 18.0 Å². The normalized spacial score (nSPS) is 9.87. The van der Waals surface area contributed by atoms with E-state index >= 15 is 0 Å². The minimum absolute atomic E-state index is 0.494. The third-order valence-corrected chi connectivity index (χ3v) is 2.32. The van der Waals surface area contributed by atoms with Gasteiger partial charge in [0.15, 0.2) is 0 Å². The van der Waals surface area contributed by atoms with Crippen LogP contribution in [-0.2, 0) is 6.54 Å². The summed E-state index contributed by atoms with van der Waals surface area (Å²) in [5.74, 6) is 2.54. The Hall–Kier alpha value is -1.72. The molecule has 0 spiro atoms. The van der Waals surface area contributed by atoms with Gasteiger partial charge in [-0.3, -0.25) is 4.68 Å². The predicted molar refractivity (Wildman–Crippen MR) is 61.5 cm³/mol. The molecule has 0 radical (unpaired) electrons. The van der Waals surface area contributed by atoms with Gasteiger partial charge in [-0.2, -0.15) is 5.10 Å². The van der Waals surface area contributed by atoms with Crippen LogP contribution in [0.25, 0.3) is 11.1 Å². The highest BCUT2D eigenvalue weighted by molar-refractivity contribution is 6.30. The molecule has 0 aliphatic rings. The van der Waals surface area contributed by atoms with Gasteiger partial charge in [0.1, 0.15) is 6.54 Å². The lowest BCUT2D eigenvalue weighted by Gasteiger charge is -1.96. The first kappa shape index (κ1) is 9.82. The van der Waals surface area contributed by atoms with Gasteiger partial charge in [0.25, 0.3) is 0 Å². The van der Waals surface area contributed by atoms with Gasteiger partial charge in [-0.25, -0.2) is 0 Å². The Morgan fingerprint density at radius 2 is 2.00 bits per heavy atom. The summed E-state index contributed by atoms with van der Waals surface area (Å²) < 4.78 is 1.73. The fraction of sp³-hybridized carbons (Fsp3) is 0.0833. The highest BCUT2D eigenvalue weighted by Crippen LogP contribution is 2.20. The molecule has 0 N–H and O–H groups in total. The van der Waals surface area contributed by atoms with Crippen LogP contribution in [0.5, 0.6) is 0 Å². The lowest BCUT2D eigenvalue weighted by atomic mass is 10.1. The SMILES string of the molecule is C#CCn1cc(-c2ccc(Cl)cc2)cn1. The number of rotatable bonds is 2. The molecule has 0 atom stereocenters. The second-order valence-electron chi connectivity index (χ2n) is 3.14. The molecule has 0 bridgehead atoms. The Morgan fingerprint density at radius 3 is 2.67 bits per heavy atom. The van der Waals surface area contributed by atoms with Crippen molar-refractivity contribution >= 4 is 11.6 Å². The number of benzene rings is 1. The van der Waals surface area contributed by atoms with Crippen molar-refractivity contribution in [2.45, 2.75) is 6.54 Å². The molecule has 0 saturated carbocycles. The fourth-order valence-electron chi connectivity index (χ4n) is 1.33.